The number of hydrogen-bond acceptors (Lipinski definition) is 8. The maximum Gasteiger partial charge on any atom is 0.167 e. The fourth-order valence-electron chi connectivity index (χ4n) is 7.17. The number of benzene rings is 4. The van der Waals surface area contributed by atoms with Gasteiger partial charge in [0.05, 0.1) is 55.9 Å². The Kier molecular flexibility index (Phi) is 10.8. The zero-order chi connectivity index (χ0) is 34.0. The van der Waals surface area contributed by atoms with E-state index in [0.29, 0.717) is 47.7 Å². The normalized spacial score (nSPS) is 11.6. The van der Waals surface area contributed by atoms with Crippen molar-refractivity contribution in [2.45, 2.75) is 66.6 Å². The number of rotatable bonds is 13. The highest BCUT2D eigenvalue weighted by atomic mass is 16.5. The minimum atomic E-state index is 0.142. The fourth-order valence-corrected chi connectivity index (χ4v) is 7.17. The van der Waals surface area contributed by atoms with Crippen molar-refractivity contribution in [2.24, 2.45) is 0 Å². The van der Waals surface area contributed by atoms with Crippen LogP contribution in [0.4, 0.5) is 0 Å². The van der Waals surface area contributed by atoms with Crippen molar-refractivity contribution in [3.8, 4) is 45.6 Å². The van der Waals surface area contributed by atoms with Crippen molar-refractivity contribution >= 4 is 21.5 Å². The molecule has 0 heterocycles. The smallest absolute Gasteiger partial charge is 0.167 e. The minimum Gasteiger partial charge on any atom is -0.495 e. The lowest BCUT2D eigenvalue weighted by Crippen LogP contribution is -2.08. The van der Waals surface area contributed by atoms with E-state index < -0.39 is 0 Å². The quantitative estimate of drug-likeness (QED) is 0.144. The maximum absolute atomic E-state index is 6.40. The van der Waals surface area contributed by atoms with Crippen LogP contribution >= 0.6 is 0 Å². The molecule has 0 fully saturated rings. The van der Waals surface area contributed by atoms with E-state index in [1.807, 2.05) is 0 Å². The van der Waals surface area contributed by atoms with E-state index in [9.17, 15) is 0 Å². The Labute approximate surface area is 273 Å². The molecule has 46 heavy (non-hydrogen) atoms. The number of fused-ring (bicyclic) bond motifs is 2. The second-order valence-corrected chi connectivity index (χ2v) is 12.1. The molecule has 0 bridgehead atoms. The largest absolute Gasteiger partial charge is 0.495 e. The third-order valence-corrected chi connectivity index (χ3v) is 8.80. The van der Waals surface area contributed by atoms with Gasteiger partial charge >= 0.3 is 0 Å². The van der Waals surface area contributed by atoms with Crippen molar-refractivity contribution < 1.29 is 37.9 Å². The van der Waals surface area contributed by atoms with Crippen LogP contribution in [0.2, 0.25) is 0 Å². The summed E-state index contributed by atoms with van der Waals surface area (Å²) in [7, 11) is 13.5. The van der Waals surface area contributed by atoms with E-state index in [-0.39, 0.29) is 11.8 Å². The molecule has 4 aromatic carbocycles. The van der Waals surface area contributed by atoms with Crippen molar-refractivity contribution in [1.82, 2.24) is 0 Å². The SMILES string of the molecule is COCc1c(OC)c(OC)c(C(C)C)c2cc(C)c(-c3c(C)cc4c(C(C)C)c(OC)c(OC)c(COC)c4c3OC)c(OC)c12. The van der Waals surface area contributed by atoms with Crippen LogP contribution in [-0.2, 0) is 22.7 Å². The van der Waals surface area contributed by atoms with Crippen LogP contribution in [0.25, 0.3) is 32.7 Å². The molecule has 0 saturated heterocycles. The Morgan fingerprint density at radius 1 is 0.457 bits per heavy atom. The predicted octanol–water partition coefficient (Wildman–Crippen LogP) is 8.87. The molecule has 0 amide bonds. The van der Waals surface area contributed by atoms with Gasteiger partial charge < -0.3 is 37.9 Å². The summed E-state index contributed by atoms with van der Waals surface area (Å²) in [6.45, 7) is 13.5. The molecule has 0 aliphatic carbocycles. The molecule has 0 atom stereocenters. The molecule has 0 radical (unpaired) electrons. The first-order valence-electron chi connectivity index (χ1n) is 15.6. The minimum absolute atomic E-state index is 0.142. The summed E-state index contributed by atoms with van der Waals surface area (Å²) >= 11 is 0. The lowest BCUT2D eigenvalue weighted by atomic mass is 9.83. The van der Waals surface area contributed by atoms with E-state index in [2.05, 4.69) is 53.7 Å². The van der Waals surface area contributed by atoms with Crippen LogP contribution in [0.1, 0.15) is 72.9 Å². The molecule has 0 aliphatic rings. The van der Waals surface area contributed by atoms with E-state index in [1.54, 1.807) is 56.9 Å². The molecule has 0 N–H and O–H groups in total. The summed E-state index contributed by atoms with van der Waals surface area (Å²) < 4.78 is 48.3. The molecule has 8 nitrogen and oxygen atoms in total. The standard InChI is InChI=1S/C38H50O8/c1-19(2)27-23-15-21(5)29(35(43-11)31(23)25(17-39-7)33(41-9)37(27)45-13)30-22(6)16-24-28(20(3)4)38(46-14)34(42-10)26(18-40-8)32(24)36(30)44-12/h15-16,19-20H,17-18H2,1-14H3. The zero-order valence-electron chi connectivity index (χ0n) is 30.0. The summed E-state index contributed by atoms with van der Waals surface area (Å²) in [5.41, 5.74) is 7.70. The van der Waals surface area contributed by atoms with Gasteiger partial charge in [-0.2, -0.15) is 0 Å². The van der Waals surface area contributed by atoms with Gasteiger partial charge in [-0.05, 0) is 47.6 Å². The topological polar surface area (TPSA) is 73.8 Å². The Bertz CT molecular complexity index is 1620. The summed E-state index contributed by atoms with van der Waals surface area (Å²) in [5.74, 6) is 4.39. The second-order valence-electron chi connectivity index (χ2n) is 12.1. The summed E-state index contributed by atoms with van der Waals surface area (Å²) in [6.07, 6.45) is 0. The number of ether oxygens (including phenoxy) is 8. The molecule has 0 unspecified atom stereocenters. The molecule has 8 heteroatoms. The van der Waals surface area contributed by atoms with Crippen LogP contribution < -0.4 is 28.4 Å². The molecule has 4 aromatic rings. The van der Waals surface area contributed by atoms with Gasteiger partial charge in [0, 0.05) is 58.4 Å². The second kappa shape index (κ2) is 14.3. The highest BCUT2D eigenvalue weighted by Gasteiger charge is 2.32. The van der Waals surface area contributed by atoms with Crippen molar-refractivity contribution in [3.05, 3.63) is 45.5 Å². The number of aryl methyl sites for hydroxylation is 2. The lowest BCUT2D eigenvalue weighted by Gasteiger charge is -2.28. The van der Waals surface area contributed by atoms with E-state index in [0.717, 1.165) is 66.1 Å². The van der Waals surface area contributed by atoms with Gasteiger partial charge in [-0.25, -0.2) is 0 Å². The summed E-state index contributed by atoms with van der Waals surface area (Å²) in [5, 5.41) is 3.90. The molecule has 250 valence electrons. The van der Waals surface area contributed by atoms with Crippen molar-refractivity contribution in [2.75, 3.05) is 56.9 Å². The monoisotopic (exact) mass is 634 g/mol. The predicted molar refractivity (Wildman–Crippen MR) is 185 cm³/mol. The Hall–Kier alpha value is -3.88. The van der Waals surface area contributed by atoms with Crippen LogP contribution in [0.15, 0.2) is 12.1 Å². The van der Waals surface area contributed by atoms with Crippen molar-refractivity contribution in [3.63, 3.8) is 0 Å². The van der Waals surface area contributed by atoms with Gasteiger partial charge in [0.25, 0.3) is 0 Å². The van der Waals surface area contributed by atoms with Crippen LogP contribution in [0.5, 0.6) is 34.5 Å². The van der Waals surface area contributed by atoms with Crippen LogP contribution in [0.3, 0.4) is 0 Å². The molecular weight excluding hydrogens is 584 g/mol. The fraction of sp³-hybridized carbons (Fsp3) is 0.474. The van der Waals surface area contributed by atoms with E-state index in [4.69, 9.17) is 37.9 Å². The Balaban J connectivity index is 2.36. The Morgan fingerprint density at radius 3 is 1.00 bits per heavy atom. The maximum atomic E-state index is 6.40. The molecule has 0 aliphatic heterocycles. The van der Waals surface area contributed by atoms with Gasteiger partial charge in [0.15, 0.2) is 23.0 Å². The summed E-state index contributed by atoms with van der Waals surface area (Å²) in [4.78, 5) is 0. The third-order valence-electron chi connectivity index (χ3n) is 8.80. The average molecular weight is 635 g/mol. The first kappa shape index (κ1) is 35.0. The molecule has 0 aromatic heterocycles. The highest BCUT2D eigenvalue weighted by molar-refractivity contribution is 6.08. The van der Waals surface area contributed by atoms with Crippen molar-refractivity contribution in [1.29, 1.82) is 0 Å². The number of hydrogen-bond donors (Lipinski definition) is 0. The van der Waals surface area contributed by atoms with Gasteiger partial charge in [-0.15, -0.1) is 0 Å². The lowest BCUT2D eigenvalue weighted by molar-refractivity contribution is 0.182. The van der Waals surface area contributed by atoms with Crippen LogP contribution in [0, 0.1) is 13.8 Å². The van der Waals surface area contributed by atoms with Gasteiger partial charge in [-0.1, -0.05) is 39.8 Å². The summed E-state index contributed by atoms with van der Waals surface area (Å²) in [6, 6.07) is 4.44. The van der Waals surface area contributed by atoms with E-state index >= 15 is 0 Å². The van der Waals surface area contributed by atoms with Gasteiger partial charge in [0.1, 0.15) is 11.5 Å². The van der Waals surface area contributed by atoms with Gasteiger partial charge in [-0.3, -0.25) is 0 Å². The van der Waals surface area contributed by atoms with Gasteiger partial charge in [0.2, 0.25) is 0 Å². The van der Waals surface area contributed by atoms with Crippen LogP contribution in [-0.4, -0.2) is 56.9 Å². The highest BCUT2D eigenvalue weighted by Crippen LogP contribution is 2.56. The number of methoxy groups -OCH3 is 8. The molecule has 0 saturated carbocycles. The molecular formula is C38H50O8. The molecule has 4 rings (SSSR count). The molecule has 0 spiro atoms. The first-order valence-corrected chi connectivity index (χ1v) is 15.6. The Morgan fingerprint density at radius 2 is 0.761 bits per heavy atom. The first-order chi connectivity index (χ1) is 22.0. The van der Waals surface area contributed by atoms with E-state index in [1.165, 1.54) is 0 Å². The zero-order valence-corrected chi connectivity index (χ0v) is 30.0. The third kappa shape index (κ3) is 5.45. The average Bonchev–Trinajstić information content (AvgIpc) is 3.02.